The Balaban J connectivity index is 1.68. The van der Waals surface area contributed by atoms with Crippen molar-refractivity contribution in [2.45, 2.75) is 52.1 Å². The molecule has 0 bridgehead atoms. The standard InChI is InChI=1S/C24H31N3O3S/c1-4-17(3)25-23(29)21(26-22(28)20-10-7-15-31-20)18-11-13-27(14-12-18)24(30)19-9-6-5-8-16(19)2/h5-10,15,17-18,21H,4,11-14H2,1-3H3,(H,25,29)(H,26,28)/t17-,21-/m1/s1. The van der Waals surface area contributed by atoms with Crippen LogP contribution in [0, 0.1) is 12.8 Å². The molecule has 0 aliphatic carbocycles. The number of amides is 3. The Morgan fingerprint density at radius 3 is 2.42 bits per heavy atom. The van der Waals surface area contributed by atoms with Crippen molar-refractivity contribution in [3.8, 4) is 0 Å². The number of hydrogen-bond acceptors (Lipinski definition) is 4. The highest BCUT2D eigenvalue weighted by Gasteiger charge is 2.34. The molecule has 0 spiro atoms. The number of nitrogens with zero attached hydrogens (tertiary/aromatic N) is 1. The minimum atomic E-state index is -0.612. The number of likely N-dealkylation sites (tertiary alicyclic amines) is 1. The van der Waals surface area contributed by atoms with Crippen molar-refractivity contribution < 1.29 is 14.4 Å². The Morgan fingerprint density at radius 2 is 1.81 bits per heavy atom. The maximum Gasteiger partial charge on any atom is 0.262 e. The number of benzene rings is 1. The molecule has 2 heterocycles. The monoisotopic (exact) mass is 441 g/mol. The van der Waals surface area contributed by atoms with Gasteiger partial charge in [0.05, 0.1) is 4.88 Å². The van der Waals surface area contributed by atoms with Crippen LogP contribution in [-0.4, -0.2) is 47.8 Å². The quantitative estimate of drug-likeness (QED) is 0.689. The van der Waals surface area contributed by atoms with Crippen LogP contribution in [0.15, 0.2) is 41.8 Å². The first-order chi connectivity index (χ1) is 14.9. The fourth-order valence-corrected chi connectivity index (χ4v) is 4.50. The van der Waals surface area contributed by atoms with Crippen molar-refractivity contribution in [3.63, 3.8) is 0 Å². The Kier molecular flexibility index (Phi) is 7.85. The van der Waals surface area contributed by atoms with Crippen LogP contribution in [0.3, 0.4) is 0 Å². The summed E-state index contributed by atoms with van der Waals surface area (Å²) in [5.41, 5.74) is 1.68. The highest BCUT2D eigenvalue weighted by atomic mass is 32.1. The van der Waals surface area contributed by atoms with E-state index in [4.69, 9.17) is 0 Å². The van der Waals surface area contributed by atoms with Crippen LogP contribution in [0.4, 0.5) is 0 Å². The third-order valence-electron chi connectivity index (χ3n) is 5.99. The summed E-state index contributed by atoms with van der Waals surface area (Å²) in [5.74, 6) is -0.366. The second kappa shape index (κ2) is 10.6. The second-order valence-electron chi connectivity index (χ2n) is 8.19. The summed E-state index contributed by atoms with van der Waals surface area (Å²) in [7, 11) is 0. The smallest absolute Gasteiger partial charge is 0.262 e. The summed E-state index contributed by atoms with van der Waals surface area (Å²) in [6.45, 7) is 7.05. The van der Waals surface area contributed by atoms with Gasteiger partial charge in [0.25, 0.3) is 11.8 Å². The molecule has 1 aromatic carbocycles. The third kappa shape index (κ3) is 5.73. The third-order valence-corrected chi connectivity index (χ3v) is 6.86. The molecule has 1 saturated heterocycles. The average Bonchev–Trinajstić information content (AvgIpc) is 3.32. The molecule has 3 amide bonds. The van der Waals surface area contributed by atoms with Gasteiger partial charge in [0, 0.05) is 24.7 Å². The zero-order valence-corrected chi connectivity index (χ0v) is 19.2. The molecule has 6 nitrogen and oxygen atoms in total. The van der Waals surface area contributed by atoms with Crippen molar-refractivity contribution >= 4 is 29.1 Å². The summed E-state index contributed by atoms with van der Waals surface area (Å²) < 4.78 is 0. The second-order valence-corrected chi connectivity index (χ2v) is 9.14. The van der Waals surface area contributed by atoms with Gasteiger partial charge in [-0.3, -0.25) is 14.4 Å². The van der Waals surface area contributed by atoms with Crippen LogP contribution in [0.2, 0.25) is 0 Å². The van der Waals surface area contributed by atoms with Crippen LogP contribution in [0.25, 0.3) is 0 Å². The molecular formula is C24H31N3O3S. The zero-order valence-electron chi connectivity index (χ0n) is 18.4. The highest BCUT2D eigenvalue weighted by Crippen LogP contribution is 2.24. The normalized spacial score (nSPS) is 16.4. The number of carbonyl (C=O) groups is 3. The summed E-state index contributed by atoms with van der Waals surface area (Å²) in [4.78, 5) is 41.0. The number of carbonyl (C=O) groups excluding carboxylic acids is 3. The highest BCUT2D eigenvalue weighted by molar-refractivity contribution is 7.12. The number of piperidine rings is 1. The van der Waals surface area contributed by atoms with Gasteiger partial charge in [-0.15, -0.1) is 11.3 Å². The number of thiophene rings is 1. The lowest BCUT2D eigenvalue weighted by molar-refractivity contribution is -0.125. The largest absolute Gasteiger partial charge is 0.352 e. The topological polar surface area (TPSA) is 78.5 Å². The van der Waals surface area contributed by atoms with Crippen molar-refractivity contribution in [3.05, 3.63) is 57.8 Å². The first kappa shape index (κ1) is 23.0. The molecule has 31 heavy (non-hydrogen) atoms. The summed E-state index contributed by atoms with van der Waals surface area (Å²) >= 11 is 1.36. The molecular weight excluding hydrogens is 410 g/mol. The first-order valence-corrected chi connectivity index (χ1v) is 11.8. The maximum atomic E-state index is 13.0. The minimum absolute atomic E-state index is 0.0195. The van der Waals surface area contributed by atoms with Gasteiger partial charge in [-0.25, -0.2) is 0 Å². The molecule has 2 N–H and O–H groups in total. The number of rotatable bonds is 7. The molecule has 2 aromatic rings. The van der Waals surface area contributed by atoms with Gasteiger partial charge < -0.3 is 15.5 Å². The van der Waals surface area contributed by atoms with Gasteiger partial charge in [0.2, 0.25) is 5.91 Å². The predicted molar refractivity (Wildman–Crippen MR) is 123 cm³/mol. The van der Waals surface area contributed by atoms with E-state index in [9.17, 15) is 14.4 Å². The average molecular weight is 442 g/mol. The van der Waals surface area contributed by atoms with E-state index in [-0.39, 0.29) is 29.7 Å². The van der Waals surface area contributed by atoms with Crippen molar-refractivity contribution in [2.24, 2.45) is 5.92 Å². The summed E-state index contributed by atoms with van der Waals surface area (Å²) in [5, 5.41) is 7.82. The maximum absolute atomic E-state index is 13.0. The van der Waals surface area contributed by atoms with Gasteiger partial charge in [-0.2, -0.15) is 0 Å². The molecule has 1 aliphatic rings. The van der Waals surface area contributed by atoms with Gasteiger partial charge in [0.1, 0.15) is 6.04 Å². The molecule has 2 atom stereocenters. The van der Waals surface area contributed by atoms with E-state index in [0.29, 0.717) is 30.8 Å². The Hall–Kier alpha value is -2.67. The lowest BCUT2D eigenvalue weighted by Gasteiger charge is -2.36. The van der Waals surface area contributed by atoms with Crippen LogP contribution in [0.1, 0.15) is 58.7 Å². The van der Waals surface area contributed by atoms with Gasteiger partial charge >= 0.3 is 0 Å². The molecule has 7 heteroatoms. The van der Waals surface area contributed by atoms with Crippen LogP contribution in [-0.2, 0) is 4.79 Å². The van der Waals surface area contributed by atoms with E-state index >= 15 is 0 Å². The van der Waals surface area contributed by atoms with Gasteiger partial charge in [0.15, 0.2) is 0 Å². The Labute approximate surface area is 188 Å². The summed E-state index contributed by atoms with van der Waals surface area (Å²) in [6, 6.07) is 10.6. The molecule has 1 aromatic heterocycles. The molecule has 1 aliphatic heterocycles. The van der Waals surface area contributed by atoms with Crippen molar-refractivity contribution in [1.82, 2.24) is 15.5 Å². The SMILES string of the molecule is CC[C@@H](C)NC(=O)[C@H](NC(=O)c1cccs1)C1CCN(C(=O)c2ccccc2C)CC1. The Morgan fingerprint density at radius 1 is 1.10 bits per heavy atom. The minimum Gasteiger partial charge on any atom is -0.352 e. The lowest BCUT2D eigenvalue weighted by atomic mass is 9.88. The fraction of sp³-hybridized carbons (Fsp3) is 0.458. The number of hydrogen-bond donors (Lipinski definition) is 2. The molecule has 0 radical (unpaired) electrons. The van der Waals surface area contributed by atoms with E-state index < -0.39 is 6.04 Å². The van der Waals surface area contributed by atoms with Crippen LogP contribution in [0.5, 0.6) is 0 Å². The van der Waals surface area contributed by atoms with Crippen LogP contribution >= 0.6 is 11.3 Å². The van der Waals surface area contributed by atoms with Crippen LogP contribution < -0.4 is 10.6 Å². The predicted octanol–water partition coefficient (Wildman–Crippen LogP) is 3.62. The molecule has 0 saturated carbocycles. The zero-order chi connectivity index (χ0) is 22.4. The lowest BCUT2D eigenvalue weighted by Crippen LogP contribution is -2.55. The van der Waals surface area contributed by atoms with Gasteiger partial charge in [-0.05, 0) is 62.1 Å². The molecule has 166 valence electrons. The van der Waals surface area contributed by atoms with E-state index in [1.165, 1.54) is 11.3 Å². The van der Waals surface area contributed by atoms with E-state index in [2.05, 4.69) is 10.6 Å². The molecule has 3 rings (SSSR count). The fourth-order valence-electron chi connectivity index (χ4n) is 3.87. The molecule has 0 unspecified atom stereocenters. The van der Waals surface area contributed by atoms with Crippen molar-refractivity contribution in [2.75, 3.05) is 13.1 Å². The number of nitrogens with one attached hydrogen (secondary N) is 2. The summed E-state index contributed by atoms with van der Waals surface area (Å²) in [6.07, 6.45) is 2.16. The van der Waals surface area contributed by atoms with E-state index in [0.717, 1.165) is 17.5 Å². The Bertz CT molecular complexity index is 905. The van der Waals surface area contributed by atoms with E-state index in [1.807, 2.05) is 61.4 Å². The molecule has 1 fully saturated rings. The number of aryl methyl sites for hydroxylation is 1. The van der Waals surface area contributed by atoms with Crippen molar-refractivity contribution in [1.29, 1.82) is 0 Å². The van der Waals surface area contributed by atoms with Gasteiger partial charge in [-0.1, -0.05) is 31.2 Å². The van der Waals surface area contributed by atoms with E-state index in [1.54, 1.807) is 6.07 Å². The first-order valence-electron chi connectivity index (χ1n) is 10.9.